The number of benzene rings is 1. The number of imidazole rings is 1. The summed E-state index contributed by atoms with van der Waals surface area (Å²) >= 11 is 6.04. The predicted octanol–water partition coefficient (Wildman–Crippen LogP) is 4.84. The monoisotopic (exact) mass is 535 g/mol. The molecule has 2 saturated heterocycles. The summed E-state index contributed by atoms with van der Waals surface area (Å²) in [6.07, 6.45) is 1.15. The Morgan fingerprint density at radius 1 is 1.03 bits per heavy atom. The first-order chi connectivity index (χ1) is 17.7. The smallest absolute Gasteiger partial charge is 0.406 e. The summed E-state index contributed by atoms with van der Waals surface area (Å²) < 4.78 is 49.1. The van der Waals surface area contributed by atoms with Crippen molar-refractivity contribution in [3.8, 4) is 11.4 Å². The van der Waals surface area contributed by atoms with Crippen LogP contribution in [0.1, 0.15) is 29.5 Å². The molecule has 0 bridgehead atoms. The van der Waals surface area contributed by atoms with Gasteiger partial charge in [-0.3, -0.25) is 0 Å². The second-order valence-electron chi connectivity index (χ2n) is 9.08. The molecule has 2 atom stereocenters. The topological polar surface area (TPSA) is 72.7 Å². The van der Waals surface area contributed by atoms with Crippen molar-refractivity contribution in [1.29, 1.82) is 0 Å². The standard InChI is InChI=1S/C25H25ClF3N5O3/c26-23-12-20(5-6-30-23)34-15-22(31-16-34)19-11-18(17-1-3-21(4-2-17)37-25(27,28)29)13-33(14-19)24(35)32-7-9-36-10-8-32/h1-6,12,15-16,18-19H,7-11,13-14H2. The molecule has 3 aromatic rings. The van der Waals surface area contributed by atoms with Crippen molar-refractivity contribution in [2.45, 2.75) is 24.6 Å². The fraction of sp³-hybridized carbons (Fsp3) is 0.400. The van der Waals surface area contributed by atoms with E-state index in [2.05, 4.69) is 14.7 Å². The van der Waals surface area contributed by atoms with Crippen LogP contribution in [0.2, 0.25) is 5.15 Å². The van der Waals surface area contributed by atoms with E-state index in [1.165, 1.54) is 12.1 Å². The molecule has 0 saturated carbocycles. The maximum atomic E-state index is 13.4. The Morgan fingerprint density at radius 2 is 1.76 bits per heavy atom. The van der Waals surface area contributed by atoms with E-state index in [0.717, 1.165) is 16.9 Å². The quantitative estimate of drug-likeness (QED) is 0.447. The lowest BCUT2D eigenvalue weighted by Gasteiger charge is -2.40. The van der Waals surface area contributed by atoms with Crippen LogP contribution >= 0.6 is 11.6 Å². The van der Waals surface area contributed by atoms with E-state index in [9.17, 15) is 18.0 Å². The van der Waals surface area contributed by atoms with Crippen LogP contribution in [0.4, 0.5) is 18.0 Å². The van der Waals surface area contributed by atoms with Gasteiger partial charge in [-0.05, 0) is 36.2 Å². The summed E-state index contributed by atoms with van der Waals surface area (Å²) in [5, 5.41) is 0.366. The Bertz CT molecular complexity index is 1230. The molecule has 0 aliphatic carbocycles. The van der Waals surface area contributed by atoms with Crippen molar-refractivity contribution >= 4 is 17.6 Å². The zero-order valence-electron chi connectivity index (χ0n) is 19.8. The molecule has 0 radical (unpaired) electrons. The largest absolute Gasteiger partial charge is 0.573 e. The average Bonchev–Trinajstić information content (AvgIpc) is 3.39. The van der Waals surface area contributed by atoms with E-state index in [1.807, 2.05) is 21.7 Å². The molecule has 8 nitrogen and oxygen atoms in total. The van der Waals surface area contributed by atoms with Gasteiger partial charge >= 0.3 is 12.4 Å². The number of aromatic nitrogens is 3. The maximum Gasteiger partial charge on any atom is 0.573 e. The molecule has 4 heterocycles. The van der Waals surface area contributed by atoms with Gasteiger partial charge in [-0.25, -0.2) is 14.8 Å². The number of hydrogen-bond donors (Lipinski definition) is 0. The molecular formula is C25H25ClF3N5O3. The third kappa shape index (κ3) is 6.16. The number of likely N-dealkylation sites (tertiary alicyclic amines) is 1. The minimum absolute atomic E-state index is 0.0737. The first-order valence-electron chi connectivity index (χ1n) is 11.9. The van der Waals surface area contributed by atoms with Gasteiger partial charge in [-0.2, -0.15) is 0 Å². The lowest BCUT2D eigenvalue weighted by Crippen LogP contribution is -2.52. The van der Waals surface area contributed by atoms with Gasteiger partial charge in [0.15, 0.2) is 0 Å². The number of urea groups is 1. The number of carbonyl (C=O) groups excluding carboxylic acids is 1. The van der Waals surface area contributed by atoms with Gasteiger partial charge in [0.1, 0.15) is 10.9 Å². The molecule has 2 aliphatic rings. The molecule has 1 aromatic carbocycles. The summed E-state index contributed by atoms with van der Waals surface area (Å²) in [6, 6.07) is 9.35. The molecule has 2 aromatic heterocycles. The summed E-state index contributed by atoms with van der Waals surface area (Å²) in [5.74, 6) is -0.447. The zero-order valence-corrected chi connectivity index (χ0v) is 20.5. The molecule has 2 unspecified atom stereocenters. The second-order valence-corrected chi connectivity index (χ2v) is 9.46. The molecule has 0 N–H and O–H groups in total. The highest BCUT2D eigenvalue weighted by Crippen LogP contribution is 2.37. The maximum absolute atomic E-state index is 13.4. The van der Waals surface area contributed by atoms with Crippen LogP contribution in [0.5, 0.6) is 5.75 Å². The van der Waals surface area contributed by atoms with Gasteiger partial charge < -0.3 is 23.8 Å². The number of hydrogen-bond acceptors (Lipinski definition) is 5. The van der Waals surface area contributed by atoms with Gasteiger partial charge in [0.05, 0.1) is 30.9 Å². The van der Waals surface area contributed by atoms with Crippen molar-refractivity contribution in [3.63, 3.8) is 0 Å². The number of alkyl halides is 3. The first kappa shape index (κ1) is 25.3. The van der Waals surface area contributed by atoms with Crippen LogP contribution in [0.3, 0.4) is 0 Å². The average molecular weight is 536 g/mol. The normalized spacial score (nSPS) is 20.6. The highest BCUT2D eigenvalue weighted by molar-refractivity contribution is 6.29. The van der Waals surface area contributed by atoms with Crippen molar-refractivity contribution in [2.24, 2.45) is 0 Å². The van der Waals surface area contributed by atoms with Crippen LogP contribution in [0, 0.1) is 0 Å². The van der Waals surface area contributed by atoms with Gasteiger partial charge in [-0.15, -0.1) is 13.2 Å². The van der Waals surface area contributed by atoms with E-state index in [0.29, 0.717) is 51.0 Å². The predicted molar refractivity (Wildman–Crippen MR) is 129 cm³/mol. The molecule has 2 aliphatic heterocycles. The molecule has 2 amide bonds. The number of morpholine rings is 1. The molecule has 196 valence electrons. The Hall–Kier alpha value is -3.31. The highest BCUT2D eigenvalue weighted by Gasteiger charge is 2.35. The number of pyridine rings is 1. The van der Waals surface area contributed by atoms with E-state index < -0.39 is 6.36 Å². The Kier molecular flexibility index (Phi) is 7.25. The fourth-order valence-corrected chi connectivity index (χ4v) is 5.02. The van der Waals surface area contributed by atoms with E-state index in [4.69, 9.17) is 16.3 Å². The van der Waals surface area contributed by atoms with Crippen molar-refractivity contribution in [3.05, 3.63) is 71.5 Å². The van der Waals surface area contributed by atoms with E-state index in [-0.39, 0.29) is 23.6 Å². The minimum Gasteiger partial charge on any atom is -0.406 e. The number of halogens is 4. The Labute approximate surface area is 216 Å². The number of rotatable bonds is 4. The molecular weight excluding hydrogens is 511 g/mol. The SMILES string of the molecule is O=C(N1CCOCC1)N1CC(c2ccc(OC(F)(F)F)cc2)CC(c2cn(-c3ccnc(Cl)c3)cn2)C1. The van der Waals surface area contributed by atoms with Crippen LogP contribution in [0.15, 0.2) is 55.1 Å². The van der Waals surface area contributed by atoms with Crippen molar-refractivity contribution < 1.29 is 27.4 Å². The van der Waals surface area contributed by atoms with Crippen LogP contribution in [-0.2, 0) is 4.74 Å². The van der Waals surface area contributed by atoms with Gasteiger partial charge in [0.2, 0.25) is 0 Å². The fourth-order valence-electron chi connectivity index (χ4n) is 4.85. The molecule has 37 heavy (non-hydrogen) atoms. The Morgan fingerprint density at radius 3 is 2.46 bits per heavy atom. The van der Waals surface area contributed by atoms with E-state index in [1.54, 1.807) is 35.6 Å². The summed E-state index contributed by atoms with van der Waals surface area (Å²) in [7, 11) is 0. The summed E-state index contributed by atoms with van der Waals surface area (Å²) in [4.78, 5) is 25.6. The Balaban J connectivity index is 1.40. The summed E-state index contributed by atoms with van der Waals surface area (Å²) in [6.45, 7) is 2.96. The van der Waals surface area contributed by atoms with Gasteiger partial charge in [0, 0.05) is 50.4 Å². The van der Waals surface area contributed by atoms with Gasteiger partial charge in [-0.1, -0.05) is 23.7 Å². The van der Waals surface area contributed by atoms with Crippen LogP contribution < -0.4 is 4.74 Å². The van der Waals surface area contributed by atoms with E-state index >= 15 is 0 Å². The lowest BCUT2D eigenvalue weighted by molar-refractivity contribution is -0.274. The van der Waals surface area contributed by atoms with Gasteiger partial charge in [0.25, 0.3) is 0 Å². The van der Waals surface area contributed by atoms with Crippen LogP contribution in [-0.4, -0.2) is 76.1 Å². The van der Waals surface area contributed by atoms with Crippen molar-refractivity contribution in [1.82, 2.24) is 24.3 Å². The highest BCUT2D eigenvalue weighted by atomic mass is 35.5. The number of piperidine rings is 1. The summed E-state index contributed by atoms with van der Waals surface area (Å²) in [5.41, 5.74) is 2.46. The molecule has 12 heteroatoms. The van der Waals surface area contributed by atoms with Crippen LogP contribution in [0.25, 0.3) is 5.69 Å². The number of amides is 2. The molecule has 5 rings (SSSR count). The zero-order chi connectivity index (χ0) is 26.0. The first-order valence-corrected chi connectivity index (χ1v) is 12.3. The van der Waals surface area contributed by atoms with Crippen molar-refractivity contribution in [2.75, 3.05) is 39.4 Å². The number of ether oxygens (including phenoxy) is 2. The second kappa shape index (κ2) is 10.6. The lowest BCUT2D eigenvalue weighted by atomic mass is 9.83. The number of carbonyl (C=O) groups is 1. The molecule has 0 spiro atoms. The molecule has 2 fully saturated rings. The third-order valence-corrected chi connectivity index (χ3v) is 6.82. The third-order valence-electron chi connectivity index (χ3n) is 6.62. The number of nitrogens with zero attached hydrogens (tertiary/aromatic N) is 5. The minimum atomic E-state index is -4.75.